The van der Waals surface area contributed by atoms with Crippen LogP contribution in [0.25, 0.3) is 10.1 Å². The van der Waals surface area contributed by atoms with Gasteiger partial charge in [-0.25, -0.2) is 4.79 Å². The van der Waals surface area contributed by atoms with E-state index in [9.17, 15) is 9.59 Å². The van der Waals surface area contributed by atoms with Crippen molar-refractivity contribution < 1.29 is 19.1 Å². The van der Waals surface area contributed by atoms with Crippen molar-refractivity contribution in [3.8, 4) is 5.75 Å². The van der Waals surface area contributed by atoms with Gasteiger partial charge in [0.05, 0.1) is 6.61 Å². The highest BCUT2D eigenvalue weighted by Gasteiger charge is 2.21. The number of benzene rings is 2. The van der Waals surface area contributed by atoms with E-state index in [0.717, 1.165) is 22.9 Å². The van der Waals surface area contributed by atoms with E-state index in [0.29, 0.717) is 27.9 Å². The summed E-state index contributed by atoms with van der Waals surface area (Å²) >= 11 is 7.17. The van der Waals surface area contributed by atoms with E-state index in [-0.39, 0.29) is 12.5 Å². The van der Waals surface area contributed by atoms with Crippen molar-refractivity contribution in [1.82, 2.24) is 0 Å². The summed E-state index contributed by atoms with van der Waals surface area (Å²) in [5.41, 5.74) is 0.386. The minimum absolute atomic E-state index is 0.180. The summed E-state index contributed by atoms with van der Waals surface area (Å²) in [6.07, 6.45) is 1.73. The number of hydrogen-bond acceptors (Lipinski definition) is 5. The zero-order valence-electron chi connectivity index (χ0n) is 15.4. The molecule has 0 aliphatic heterocycles. The first-order chi connectivity index (χ1) is 13.6. The van der Waals surface area contributed by atoms with Gasteiger partial charge < -0.3 is 14.8 Å². The Kier molecular flexibility index (Phi) is 6.90. The predicted molar refractivity (Wildman–Crippen MR) is 113 cm³/mol. The van der Waals surface area contributed by atoms with Gasteiger partial charge in [0, 0.05) is 15.1 Å². The molecular weight excluding hydrogens is 398 g/mol. The van der Waals surface area contributed by atoms with Crippen LogP contribution in [0.5, 0.6) is 5.75 Å². The summed E-state index contributed by atoms with van der Waals surface area (Å²) in [4.78, 5) is 25.0. The summed E-state index contributed by atoms with van der Waals surface area (Å²) in [6, 6.07) is 14.2. The predicted octanol–water partition coefficient (Wildman–Crippen LogP) is 5.53. The number of ether oxygens (including phenoxy) is 2. The number of unbranched alkanes of at least 4 members (excludes halogenated alkanes) is 1. The maximum Gasteiger partial charge on any atom is 0.341 e. The monoisotopic (exact) mass is 417 g/mol. The Morgan fingerprint density at radius 2 is 1.86 bits per heavy atom. The number of esters is 1. The molecular formula is C21H20ClNO4S. The lowest BCUT2D eigenvalue weighted by Gasteiger charge is -2.09. The number of fused-ring (bicyclic) bond motifs is 1. The number of carbonyl (C=O) groups is 2. The third kappa shape index (κ3) is 5.03. The van der Waals surface area contributed by atoms with Crippen LogP contribution < -0.4 is 10.1 Å². The molecule has 146 valence electrons. The Hall–Kier alpha value is -2.57. The molecule has 0 aliphatic rings. The lowest BCUT2D eigenvalue weighted by atomic mass is 10.1. The van der Waals surface area contributed by atoms with Gasteiger partial charge >= 0.3 is 5.97 Å². The second-order valence-corrected chi connectivity index (χ2v) is 7.57. The van der Waals surface area contributed by atoms with Gasteiger partial charge in [-0.05, 0) is 36.8 Å². The normalized spacial score (nSPS) is 10.6. The third-order valence-corrected chi connectivity index (χ3v) is 5.31. The van der Waals surface area contributed by atoms with Crippen LogP contribution in [-0.4, -0.2) is 25.1 Å². The van der Waals surface area contributed by atoms with Crippen molar-refractivity contribution in [2.75, 3.05) is 18.5 Å². The van der Waals surface area contributed by atoms with E-state index < -0.39 is 5.97 Å². The number of carbonyl (C=O) groups excluding carboxylic acids is 2. The van der Waals surface area contributed by atoms with Crippen LogP contribution in [0.1, 0.15) is 30.1 Å². The van der Waals surface area contributed by atoms with Gasteiger partial charge in [-0.3, -0.25) is 4.79 Å². The highest BCUT2D eigenvalue weighted by molar-refractivity contribution is 7.23. The molecule has 0 saturated heterocycles. The third-order valence-electron chi connectivity index (χ3n) is 3.97. The fraction of sp³-hybridized carbons (Fsp3) is 0.238. The fourth-order valence-corrected chi connectivity index (χ4v) is 3.79. The lowest BCUT2D eigenvalue weighted by molar-refractivity contribution is -0.118. The molecule has 3 rings (SSSR count). The zero-order chi connectivity index (χ0) is 19.9. The lowest BCUT2D eigenvalue weighted by Crippen LogP contribution is -2.21. The molecule has 1 amide bonds. The summed E-state index contributed by atoms with van der Waals surface area (Å²) in [5.74, 6) is -0.251. The van der Waals surface area contributed by atoms with Gasteiger partial charge in [-0.2, -0.15) is 0 Å². The Bertz CT molecular complexity index is 968. The van der Waals surface area contributed by atoms with Crippen LogP contribution in [-0.2, 0) is 9.53 Å². The number of amides is 1. The molecule has 0 aliphatic carbocycles. The molecule has 0 unspecified atom stereocenters. The smallest absolute Gasteiger partial charge is 0.341 e. The van der Waals surface area contributed by atoms with Crippen LogP contribution >= 0.6 is 22.9 Å². The fourth-order valence-electron chi connectivity index (χ4n) is 2.56. The average Bonchev–Trinajstić information content (AvgIpc) is 3.05. The molecule has 2 aromatic carbocycles. The molecule has 0 fully saturated rings. The number of anilines is 1. The van der Waals surface area contributed by atoms with Gasteiger partial charge in [-0.1, -0.05) is 43.1 Å². The maximum absolute atomic E-state index is 12.6. The second kappa shape index (κ2) is 9.57. The highest BCUT2D eigenvalue weighted by atomic mass is 35.5. The van der Waals surface area contributed by atoms with Gasteiger partial charge in [-0.15, -0.1) is 11.3 Å². The molecule has 28 heavy (non-hydrogen) atoms. The Morgan fingerprint density at radius 3 is 2.61 bits per heavy atom. The van der Waals surface area contributed by atoms with Crippen LogP contribution in [0.3, 0.4) is 0 Å². The maximum atomic E-state index is 12.6. The van der Waals surface area contributed by atoms with Gasteiger partial charge in [0.15, 0.2) is 6.61 Å². The SMILES string of the molecule is CCCCOC(=O)c1c(NC(=O)COc2ccc(Cl)cc2)sc2ccccc12. The first kappa shape index (κ1) is 20.2. The highest BCUT2D eigenvalue weighted by Crippen LogP contribution is 2.36. The van der Waals surface area contributed by atoms with E-state index in [4.69, 9.17) is 21.1 Å². The molecule has 0 saturated carbocycles. The molecule has 1 aromatic heterocycles. The summed E-state index contributed by atoms with van der Waals surface area (Å²) < 4.78 is 11.7. The van der Waals surface area contributed by atoms with Crippen molar-refractivity contribution in [3.05, 3.63) is 59.1 Å². The van der Waals surface area contributed by atoms with Crippen LogP contribution in [0.4, 0.5) is 5.00 Å². The summed E-state index contributed by atoms with van der Waals surface area (Å²) in [6.45, 7) is 2.20. The van der Waals surface area contributed by atoms with Crippen molar-refractivity contribution in [2.24, 2.45) is 0 Å². The Labute approximate surface area is 172 Å². The largest absolute Gasteiger partial charge is 0.484 e. The molecule has 3 aromatic rings. The minimum Gasteiger partial charge on any atom is -0.484 e. The van der Waals surface area contributed by atoms with E-state index in [1.807, 2.05) is 31.2 Å². The van der Waals surface area contributed by atoms with Crippen molar-refractivity contribution in [1.29, 1.82) is 0 Å². The van der Waals surface area contributed by atoms with Gasteiger partial charge in [0.25, 0.3) is 5.91 Å². The molecule has 7 heteroatoms. The number of halogens is 1. The van der Waals surface area contributed by atoms with Crippen LogP contribution in [0.2, 0.25) is 5.02 Å². The first-order valence-corrected chi connectivity index (χ1v) is 10.1. The summed E-state index contributed by atoms with van der Waals surface area (Å²) in [5, 5.41) is 4.60. The van der Waals surface area contributed by atoms with E-state index >= 15 is 0 Å². The van der Waals surface area contributed by atoms with Crippen molar-refractivity contribution in [2.45, 2.75) is 19.8 Å². The van der Waals surface area contributed by atoms with E-state index in [1.165, 1.54) is 11.3 Å². The van der Waals surface area contributed by atoms with Gasteiger partial charge in [0.1, 0.15) is 16.3 Å². The van der Waals surface area contributed by atoms with E-state index in [2.05, 4.69) is 5.32 Å². The topological polar surface area (TPSA) is 64.6 Å². The Morgan fingerprint density at radius 1 is 1.11 bits per heavy atom. The zero-order valence-corrected chi connectivity index (χ0v) is 16.9. The number of thiophene rings is 1. The van der Waals surface area contributed by atoms with Gasteiger partial charge in [0.2, 0.25) is 0 Å². The molecule has 0 atom stereocenters. The number of hydrogen-bond donors (Lipinski definition) is 1. The molecule has 0 bridgehead atoms. The number of nitrogens with one attached hydrogen (secondary N) is 1. The average molecular weight is 418 g/mol. The number of rotatable bonds is 8. The van der Waals surface area contributed by atoms with Crippen molar-refractivity contribution >= 4 is 49.9 Å². The van der Waals surface area contributed by atoms with Crippen LogP contribution in [0.15, 0.2) is 48.5 Å². The molecule has 0 spiro atoms. The Balaban J connectivity index is 1.73. The van der Waals surface area contributed by atoms with Crippen molar-refractivity contribution in [3.63, 3.8) is 0 Å². The van der Waals surface area contributed by atoms with E-state index in [1.54, 1.807) is 24.3 Å². The molecule has 1 heterocycles. The molecule has 5 nitrogen and oxygen atoms in total. The molecule has 0 radical (unpaired) electrons. The second-order valence-electron chi connectivity index (χ2n) is 6.08. The first-order valence-electron chi connectivity index (χ1n) is 8.95. The minimum atomic E-state index is -0.431. The van der Waals surface area contributed by atoms with Crippen LogP contribution in [0, 0.1) is 0 Å². The standard InChI is InChI=1S/C21H20ClNO4S/c1-2-3-12-26-21(25)19-16-6-4-5-7-17(16)28-20(19)23-18(24)13-27-15-10-8-14(22)9-11-15/h4-11H,2-3,12-13H2,1H3,(H,23,24). The summed E-state index contributed by atoms with van der Waals surface area (Å²) in [7, 11) is 0. The molecule has 1 N–H and O–H groups in total. The quantitative estimate of drug-likeness (QED) is 0.386.